The number of rotatable bonds is 1. The fourth-order valence-electron chi connectivity index (χ4n) is 4.53. The molecule has 0 spiro atoms. The van der Waals surface area contributed by atoms with Crippen molar-refractivity contribution in [3.8, 4) is 0 Å². The van der Waals surface area contributed by atoms with E-state index in [9.17, 15) is 4.79 Å². The van der Waals surface area contributed by atoms with Gasteiger partial charge in [-0.3, -0.25) is 4.79 Å². The first-order valence-corrected chi connectivity index (χ1v) is 6.33. The molecule has 2 bridgehead atoms. The molecule has 5 atom stereocenters. The second-order valence-corrected chi connectivity index (χ2v) is 5.93. The quantitative estimate of drug-likeness (QED) is 0.599. The molecule has 0 amide bonds. The molecule has 0 aromatic rings. The molecule has 82 valence electrons. The Kier molecular flexibility index (Phi) is 2.05. The lowest BCUT2D eigenvalue weighted by Gasteiger charge is -2.37. The van der Waals surface area contributed by atoms with Crippen LogP contribution in [0, 0.1) is 29.6 Å². The summed E-state index contributed by atoms with van der Waals surface area (Å²) in [5, 5.41) is 0. The molecule has 1 nitrogen and oxygen atoms in total. The molecular formula is C14H20O. The SMILES string of the molecule is CC(=O)C1CC2CC1C1CC(C)=CCC21. The summed E-state index contributed by atoms with van der Waals surface area (Å²) in [6.07, 6.45) is 7.55. The summed E-state index contributed by atoms with van der Waals surface area (Å²) in [4.78, 5) is 11.6. The van der Waals surface area contributed by atoms with E-state index in [1.54, 1.807) is 12.5 Å². The molecule has 2 fully saturated rings. The summed E-state index contributed by atoms with van der Waals surface area (Å²) >= 11 is 0. The topological polar surface area (TPSA) is 17.1 Å². The third-order valence-electron chi connectivity index (χ3n) is 5.17. The molecule has 15 heavy (non-hydrogen) atoms. The van der Waals surface area contributed by atoms with Crippen molar-refractivity contribution < 1.29 is 4.79 Å². The van der Waals surface area contributed by atoms with Crippen LogP contribution in [-0.4, -0.2) is 5.78 Å². The van der Waals surface area contributed by atoms with Crippen LogP contribution in [0.3, 0.4) is 0 Å². The Morgan fingerprint density at radius 3 is 2.80 bits per heavy atom. The van der Waals surface area contributed by atoms with Gasteiger partial charge in [0.1, 0.15) is 5.78 Å². The summed E-state index contributed by atoms with van der Waals surface area (Å²) in [5.74, 6) is 4.26. The van der Waals surface area contributed by atoms with Crippen molar-refractivity contribution >= 4 is 5.78 Å². The number of ketones is 1. The second-order valence-electron chi connectivity index (χ2n) is 5.93. The van der Waals surface area contributed by atoms with Gasteiger partial charge in [-0.2, -0.15) is 0 Å². The second kappa shape index (κ2) is 3.20. The van der Waals surface area contributed by atoms with Crippen LogP contribution in [0.2, 0.25) is 0 Å². The van der Waals surface area contributed by atoms with E-state index in [2.05, 4.69) is 13.0 Å². The molecule has 0 aromatic carbocycles. The highest BCUT2D eigenvalue weighted by Crippen LogP contribution is 2.59. The van der Waals surface area contributed by atoms with Crippen LogP contribution < -0.4 is 0 Å². The number of Topliss-reactive ketones (excluding diaryl/α,β-unsaturated/α-hetero) is 1. The molecule has 5 unspecified atom stereocenters. The van der Waals surface area contributed by atoms with Gasteiger partial charge in [0.25, 0.3) is 0 Å². The highest BCUT2D eigenvalue weighted by Gasteiger charge is 2.53. The zero-order chi connectivity index (χ0) is 10.6. The lowest BCUT2D eigenvalue weighted by molar-refractivity contribution is -0.123. The highest BCUT2D eigenvalue weighted by atomic mass is 16.1. The lowest BCUT2D eigenvalue weighted by Crippen LogP contribution is -2.32. The maximum atomic E-state index is 11.6. The zero-order valence-corrected chi connectivity index (χ0v) is 9.70. The largest absolute Gasteiger partial charge is 0.300 e. The summed E-state index contributed by atoms with van der Waals surface area (Å²) in [6.45, 7) is 4.05. The average Bonchev–Trinajstić information content (AvgIpc) is 2.74. The number of fused-ring (bicyclic) bond motifs is 5. The standard InChI is InChI=1S/C14H20O/c1-8-3-4-11-10-6-12(9(2)15)14(7-10)13(11)5-8/h3,10-14H,4-7H2,1-2H3. The first kappa shape index (κ1) is 9.62. The fourth-order valence-corrected chi connectivity index (χ4v) is 4.53. The van der Waals surface area contributed by atoms with E-state index in [-0.39, 0.29) is 0 Å². The first-order chi connectivity index (χ1) is 7.16. The molecule has 3 rings (SSSR count). The van der Waals surface area contributed by atoms with E-state index < -0.39 is 0 Å². The van der Waals surface area contributed by atoms with Crippen molar-refractivity contribution in [2.75, 3.05) is 0 Å². The van der Waals surface area contributed by atoms with Crippen molar-refractivity contribution in [2.45, 2.75) is 39.5 Å². The molecular weight excluding hydrogens is 184 g/mol. The van der Waals surface area contributed by atoms with Crippen LogP contribution in [0.4, 0.5) is 0 Å². The molecule has 0 radical (unpaired) electrons. The first-order valence-electron chi connectivity index (χ1n) is 6.33. The predicted molar refractivity (Wildman–Crippen MR) is 60.4 cm³/mol. The van der Waals surface area contributed by atoms with E-state index >= 15 is 0 Å². The molecule has 0 saturated heterocycles. The van der Waals surface area contributed by atoms with Gasteiger partial charge in [-0.05, 0) is 63.2 Å². The molecule has 3 aliphatic carbocycles. The third-order valence-corrected chi connectivity index (χ3v) is 5.17. The van der Waals surface area contributed by atoms with E-state index in [1.807, 2.05) is 0 Å². The van der Waals surface area contributed by atoms with Gasteiger partial charge in [0, 0.05) is 5.92 Å². The highest BCUT2D eigenvalue weighted by molar-refractivity contribution is 5.79. The average molecular weight is 204 g/mol. The number of hydrogen-bond donors (Lipinski definition) is 0. The van der Waals surface area contributed by atoms with Crippen molar-refractivity contribution in [3.05, 3.63) is 11.6 Å². The Morgan fingerprint density at radius 1 is 1.27 bits per heavy atom. The van der Waals surface area contributed by atoms with Crippen molar-refractivity contribution in [1.82, 2.24) is 0 Å². The smallest absolute Gasteiger partial charge is 0.133 e. The number of carbonyl (C=O) groups is 1. The van der Waals surface area contributed by atoms with Gasteiger partial charge >= 0.3 is 0 Å². The minimum Gasteiger partial charge on any atom is -0.300 e. The monoisotopic (exact) mass is 204 g/mol. The molecule has 0 heterocycles. The van der Waals surface area contributed by atoms with E-state index in [0.717, 1.165) is 23.7 Å². The van der Waals surface area contributed by atoms with Gasteiger partial charge in [-0.25, -0.2) is 0 Å². The molecule has 3 aliphatic rings. The van der Waals surface area contributed by atoms with Crippen LogP contribution in [0.5, 0.6) is 0 Å². The van der Waals surface area contributed by atoms with Crippen LogP contribution in [0.1, 0.15) is 39.5 Å². The normalized spacial score (nSPS) is 47.6. The third kappa shape index (κ3) is 1.32. The van der Waals surface area contributed by atoms with Gasteiger partial charge in [0.05, 0.1) is 0 Å². The summed E-state index contributed by atoms with van der Waals surface area (Å²) in [5.41, 5.74) is 1.56. The van der Waals surface area contributed by atoms with Crippen molar-refractivity contribution in [2.24, 2.45) is 29.6 Å². The van der Waals surface area contributed by atoms with Crippen LogP contribution >= 0.6 is 0 Å². The van der Waals surface area contributed by atoms with Crippen molar-refractivity contribution in [3.63, 3.8) is 0 Å². The summed E-state index contributed by atoms with van der Waals surface area (Å²) < 4.78 is 0. The minimum atomic E-state index is 0.419. The van der Waals surface area contributed by atoms with Gasteiger partial charge in [-0.15, -0.1) is 0 Å². The summed E-state index contributed by atoms with van der Waals surface area (Å²) in [6, 6.07) is 0. The van der Waals surface area contributed by atoms with Crippen LogP contribution in [0.25, 0.3) is 0 Å². The Balaban J connectivity index is 1.85. The maximum Gasteiger partial charge on any atom is 0.133 e. The van der Waals surface area contributed by atoms with Gasteiger partial charge < -0.3 is 0 Å². The van der Waals surface area contributed by atoms with Crippen LogP contribution in [0.15, 0.2) is 11.6 Å². The minimum absolute atomic E-state index is 0.419. The molecule has 0 aromatic heterocycles. The molecule has 1 heteroatoms. The molecule has 0 N–H and O–H groups in total. The maximum absolute atomic E-state index is 11.6. The van der Waals surface area contributed by atoms with Crippen molar-refractivity contribution in [1.29, 1.82) is 0 Å². The van der Waals surface area contributed by atoms with E-state index in [4.69, 9.17) is 0 Å². The molecule has 2 saturated carbocycles. The Morgan fingerprint density at radius 2 is 2.07 bits per heavy atom. The Labute approximate surface area is 91.9 Å². The Bertz CT molecular complexity index is 328. The number of hydrogen-bond acceptors (Lipinski definition) is 1. The summed E-state index contributed by atoms with van der Waals surface area (Å²) in [7, 11) is 0. The van der Waals surface area contributed by atoms with E-state index in [1.165, 1.54) is 25.7 Å². The van der Waals surface area contributed by atoms with Gasteiger partial charge in [-0.1, -0.05) is 11.6 Å². The van der Waals surface area contributed by atoms with Gasteiger partial charge in [0.15, 0.2) is 0 Å². The zero-order valence-electron chi connectivity index (χ0n) is 9.70. The molecule has 0 aliphatic heterocycles. The van der Waals surface area contributed by atoms with Gasteiger partial charge in [0.2, 0.25) is 0 Å². The number of carbonyl (C=O) groups excluding carboxylic acids is 1. The van der Waals surface area contributed by atoms with Crippen LogP contribution in [-0.2, 0) is 4.79 Å². The van der Waals surface area contributed by atoms with E-state index in [0.29, 0.717) is 11.7 Å². The number of allylic oxidation sites excluding steroid dienone is 2. The Hall–Kier alpha value is -0.590. The lowest BCUT2D eigenvalue weighted by atomic mass is 9.67. The fraction of sp³-hybridized carbons (Fsp3) is 0.786. The predicted octanol–water partition coefficient (Wildman–Crippen LogP) is 3.20.